The van der Waals surface area contributed by atoms with Crippen LogP contribution in [0.3, 0.4) is 0 Å². The standard InChI is InChI=1S/C41H40F4N6O3/c1-21(2)34(38(53)54-3)37(52)51-14-4-5-33(51)36-48-29-11-8-23(17-30(29)49-36)22-6-9-25-26-10-7-24(16-28(26)41(44,45)40(42,43)27(25)15-22)32-19-46-35(50-32)31-18-39(12-13-39)20-47-31/h6-11,15-17,19,21,31,33-34,47H,4-5,12-14,18,20H2,1-3H3,(H,46,50)(H,48,49)/t31-,33-,34-/m0/s1. The van der Waals surface area contributed by atoms with Gasteiger partial charge in [0.05, 0.1) is 42.1 Å². The maximum absolute atomic E-state index is 16.0. The number of aromatic amines is 2. The third kappa shape index (κ3) is 5.37. The van der Waals surface area contributed by atoms with Gasteiger partial charge in [0.15, 0.2) is 0 Å². The van der Waals surface area contributed by atoms with E-state index in [9.17, 15) is 9.59 Å². The minimum Gasteiger partial charge on any atom is -0.468 e. The number of nitrogens with one attached hydrogen (secondary N) is 3. The Kier molecular flexibility index (Phi) is 7.87. The fourth-order valence-electron chi connectivity index (χ4n) is 8.74. The number of likely N-dealkylation sites (tertiary alicyclic amines) is 1. The normalized spacial score (nSPS) is 22.4. The van der Waals surface area contributed by atoms with Crippen molar-refractivity contribution in [1.82, 2.24) is 30.2 Å². The van der Waals surface area contributed by atoms with Crippen molar-refractivity contribution in [1.29, 1.82) is 0 Å². The quantitative estimate of drug-likeness (QED) is 0.0877. The number of hydrogen-bond donors (Lipinski definition) is 3. The van der Waals surface area contributed by atoms with Gasteiger partial charge in [-0.3, -0.25) is 9.59 Å². The molecular weight excluding hydrogens is 700 g/mol. The first-order valence-corrected chi connectivity index (χ1v) is 18.5. The lowest BCUT2D eigenvalue weighted by Crippen LogP contribution is -2.42. The lowest BCUT2D eigenvalue weighted by Gasteiger charge is -2.35. The highest BCUT2D eigenvalue weighted by Gasteiger charge is 2.63. The van der Waals surface area contributed by atoms with Gasteiger partial charge in [-0.15, -0.1) is 0 Å². The van der Waals surface area contributed by atoms with Crippen molar-refractivity contribution < 1.29 is 31.9 Å². The summed E-state index contributed by atoms with van der Waals surface area (Å²) in [5.74, 6) is -9.80. The van der Waals surface area contributed by atoms with Crippen LogP contribution in [0.15, 0.2) is 60.8 Å². The molecule has 2 aliphatic carbocycles. The van der Waals surface area contributed by atoms with Crippen molar-refractivity contribution in [2.24, 2.45) is 17.3 Å². The highest BCUT2D eigenvalue weighted by atomic mass is 19.3. The average molecular weight is 741 g/mol. The van der Waals surface area contributed by atoms with Crippen molar-refractivity contribution in [2.75, 3.05) is 20.2 Å². The highest BCUT2D eigenvalue weighted by Crippen LogP contribution is 2.59. The summed E-state index contributed by atoms with van der Waals surface area (Å²) >= 11 is 0. The Morgan fingerprint density at radius 3 is 2.22 bits per heavy atom. The average Bonchev–Trinajstić information content (AvgIpc) is 3.67. The Hall–Kier alpha value is -5.04. The Morgan fingerprint density at radius 2 is 1.56 bits per heavy atom. The van der Waals surface area contributed by atoms with E-state index in [4.69, 9.17) is 9.72 Å². The van der Waals surface area contributed by atoms with Gasteiger partial charge in [-0.25, -0.2) is 9.97 Å². The fraction of sp³-hybridized carbons (Fsp3) is 0.415. The molecule has 280 valence electrons. The molecule has 3 aromatic carbocycles. The van der Waals surface area contributed by atoms with Crippen LogP contribution in [0.4, 0.5) is 17.6 Å². The number of ether oxygens (including phenoxy) is 1. The number of H-pyrrole nitrogens is 2. The second-order valence-electron chi connectivity index (χ2n) is 15.8. The molecule has 1 saturated carbocycles. The van der Waals surface area contributed by atoms with Crippen LogP contribution in [0.25, 0.3) is 44.5 Å². The summed E-state index contributed by atoms with van der Waals surface area (Å²) in [4.78, 5) is 43.4. The van der Waals surface area contributed by atoms with Crippen LogP contribution in [0, 0.1) is 17.3 Å². The first-order chi connectivity index (χ1) is 25.8. The second-order valence-corrected chi connectivity index (χ2v) is 15.8. The van der Waals surface area contributed by atoms with Crippen molar-refractivity contribution in [3.8, 4) is 33.5 Å². The number of benzene rings is 3. The Labute approximate surface area is 308 Å². The minimum atomic E-state index is -4.49. The molecule has 9 nitrogen and oxygen atoms in total. The van der Waals surface area contributed by atoms with Crippen LogP contribution in [0.5, 0.6) is 0 Å². The Morgan fingerprint density at radius 1 is 0.889 bits per heavy atom. The zero-order valence-electron chi connectivity index (χ0n) is 30.1. The molecule has 4 heterocycles. The van der Waals surface area contributed by atoms with Crippen LogP contribution >= 0.6 is 0 Å². The van der Waals surface area contributed by atoms with Crippen LogP contribution < -0.4 is 5.32 Å². The largest absolute Gasteiger partial charge is 0.468 e. The summed E-state index contributed by atoms with van der Waals surface area (Å²) in [6.07, 6.45) is 6.28. The van der Waals surface area contributed by atoms with Gasteiger partial charge in [0, 0.05) is 29.8 Å². The van der Waals surface area contributed by atoms with E-state index in [1.165, 1.54) is 32.1 Å². The Bertz CT molecular complexity index is 2330. The number of halogens is 4. The summed E-state index contributed by atoms with van der Waals surface area (Å²) in [7, 11) is 1.26. The smallest absolute Gasteiger partial charge is 0.340 e. The lowest BCUT2D eigenvalue weighted by atomic mass is 9.78. The number of carbonyl (C=O) groups excluding carboxylic acids is 2. The molecule has 0 bridgehead atoms. The van der Waals surface area contributed by atoms with Gasteiger partial charge in [-0.1, -0.05) is 44.2 Å². The predicted molar refractivity (Wildman–Crippen MR) is 193 cm³/mol. The zero-order valence-corrected chi connectivity index (χ0v) is 30.1. The molecule has 0 radical (unpaired) electrons. The number of rotatable bonds is 7. The van der Waals surface area contributed by atoms with Crippen LogP contribution in [-0.2, 0) is 26.2 Å². The number of imidazole rings is 2. The van der Waals surface area contributed by atoms with Crippen LogP contribution in [0.1, 0.15) is 80.8 Å². The van der Waals surface area contributed by atoms with E-state index >= 15 is 17.6 Å². The molecule has 2 aromatic heterocycles. The first-order valence-electron chi connectivity index (χ1n) is 18.5. The van der Waals surface area contributed by atoms with E-state index in [1.807, 2.05) is 0 Å². The highest BCUT2D eigenvalue weighted by molar-refractivity contribution is 5.98. The molecule has 9 rings (SSSR count). The number of nitrogens with zero attached hydrogens (tertiary/aromatic N) is 3. The van der Waals surface area contributed by atoms with E-state index in [2.05, 4.69) is 20.3 Å². The van der Waals surface area contributed by atoms with Gasteiger partial charge < -0.3 is 24.9 Å². The van der Waals surface area contributed by atoms with Gasteiger partial charge >= 0.3 is 17.8 Å². The number of carbonyl (C=O) groups is 2. The molecule has 0 unspecified atom stereocenters. The first kappa shape index (κ1) is 34.7. The number of methoxy groups -OCH3 is 1. The molecule has 1 spiro atoms. The third-order valence-electron chi connectivity index (χ3n) is 12.0. The van der Waals surface area contributed by atoms with E-state index in [0.29, 0.717) is 57.6 Å². The van der Waals surface area contributed by atoms with Crippen LogP contribution in [0.2, 0.25) is 0 Å². The Balaban J connectivity index is 1.01. The predicted octanol–water partition coefficient (Wildman–Crippen LogP) is 8.41. The lowest BCUT2D eigenvalue weighted by molar-refractivity contribution is -0.225. The van der Waals surface area contributed by atoms with Crippen molar-refractivity contribution in [3.63, 3.8) is 0 Å². The van der Waals surface area contributed by atoms with E-state index in [1.54, 1.807) is 55.3 Å². The second kappa shape index (κ2) is 12.2. The van der Waals surface area contributed by atoms with Gasteiger partial charge in [0.1, 0.15) is 17.6 Å². The monoisotopic (exact) mass is 740 g/mol. The molecular formula is C41H40F4N6O3. The molecule has 2 aliphatic heterocycles. The maximum Gasteiger partial charge on any atom is 0.340 e. The molecule has 54 heavy (non-hydrogen) atoms. The summed E-state index contributed by atoms with van der Waals surface area (Å²) in [5.41, 5.74) is 1.90. The topological polar surface area (TPSA) is 116 Å². The van der Waals surface area contributed by atoms with Crippen LogP contribution in [-0.4, -0.2) is 56.9 Å². The molecule has 1 amide bonds. The number of alkyl halides is 4. The summed E-state index contributed by atoms with van der Waals surface area (Å²) in [6.45, 7) is 4.99. The molecule has 13 heteroatoms. The van der Waals surface area contributed by atoms with Gasteiger partial charge in [0.2, 0.25) is 5.91 Å². The van der Waals surface area contributed by atoms with E-state index in [-0.39, 0.29) is 35.0 Å². The summed E-state index contributed by atoms with van der Waals surface area (Å²) < 4.78 is 68.9. The number of aromatic nitrogens is 4. The molecule has 3 fully saturated rings. The van der Waals surface area contributed by atoms with Crippen molar-refractivity contribution in [3.05, 3.63) is 83.6 Å². The number of fused-ring (bicyclic) bond motifs is 4. The molecule has 4 aliphatic rings. The number of hydrogen-bond acceptors (Lipinski definition) is 6. The van der Waals surface area contributed by atoms with Gasteiger partial charge in [0.25, 0.3) is 0 Å². The van der Waals surface area contributed by atoms with Gasteiger partial charge in [-0.2, -0.15) is 17.6 Å². The molecule has 5 aromatic rings. The molecule has 2 saturated heterocycles. The minimum absolute atomic E-state index is 0.0482. The number of amides is 1. The van der Waals surface area contributed by atoms with Crippen molar-refractivity contribution >= 4 is 22.9 Å². The fourth-order valence-corrected chi connectivity index (χ4v) is 8.74. The summed E-state index contributed by atoms with van der Waals surface area (Å²) in [5, 5.41) is 3.49. The van der Waals surface area contributed by atoms with E-state index in [0.717, 1.165) is 37.3 Å². The van der Waals surface area contributed by atoms with E-state index < -0.39 is 34.9 Å². The van der Waals surface area contributed by atoms with Gasteiger partial charge in [-0.05, 0) is 90.0 Å². The third-order valence-corrected chi connectivity index (χ3v) is 12.0. The molecule has 3 atom stereocenters. The maximum atomic E-state index is 16.0. The molecule has 3 N–H and O–H groups in total. The van der Waals surface area contributed by atoms with Crippen molar-refractivity contribution in [2.45, 2.75) is 69.9 Å². The summed E-state index contributed by atoms with van der Waals surface area (Å²) in [6, 6.07) is 13.4. The number of esters is 1. The SMILES string of the molecule is COC(=O)[C@H](C(=O)N1CCC[C@H]1c1nc2ccc(-c3ccc4c(c3)C(F)(F)C(F)(F)c3cc(-c5cnc([C@@H]6CC7(CC7)CN6)[nH]5)ccc3-4)cc2[nH]1)C(C)C. The zero-order chi connectivity index (χ0) is 37.7.